The molecule has 1 N–H and O–H groups in total. The highest BCUT2D eigenvalue weighted by Gasteiger charge is 2.16. The van der Waals surface area contributed by atoms with Crippen LogP contribution in [-0.4, -0.2) is 28.8 Å². The number of hydrogen-bond donors (Lipinski definition) is 1. The highest BCUT2D eigenvalue weighted by Crippen LogP contribution is 2.22. The van der Waals surface area contributed by atoms with E-state index in [0.29, 0.717) is 11.4 Å². The normalized spacial score (nSPS) is 13.8. The average molecular weight is 312 g/mol. The summed E-state index contributed by atoms with van der Waals surface area (Å²) in [5.74, 6) is 1.17. The molecule has 7 heteroatoms. The molecule has 7 nitrogen and oxygen atoms in total. The summed E-state index contributed by atoms with van der Waals surface area (Å²) in [6.07, 6.45) is 2.62. The molecule has 2 heterocycles. The minimum atomic E-state index is -0.412. The molecule has 0 radical (unpaired) electrons. The predicted molar refractivity (Wildman–Crippen MR) is 85.7 cm³/mol. The number of hydrogen-bond acceptors (Lipinski definition) is 6. The van der Waals surface area contributed by atoms with Gasteiger partial charge in [-0.3, -0.25) is 15.1 Å². The number of benzene rings is 1. The number of para-hydroxylation sites is 1. The molecule has 0 saturated carbocycles. The number of aliphatic imine (C=N–C) groups is 1. The summed E-state index contributed by atoms with van der Waals surface area (Å²) in [5, 5.41) is 14.3. The Hall–Kier alpha value is -2.96. The standard InChI is InChI=1S/C16H16N4O3/c21-20(22)14-7-2-1-5-12(14)11-23-16-13(6-3-8-19-16)15-17-9-4-10-18-15/h1-3,5-8H,4,9-11H2,(H,17,18). The maximum absolute atomic E-state index is 11.1. The number of nitrogens with zero attached hydrogens (tertiary/aromatic N) is 3. The van der Waals surface area contributed by atoms with Crippen molar-refractivity contribution in [1.29, 1.82) is 0 Å². The van der Waals surface area contributed by atoms with Crippen LogP contribution < -0.4 is 10.1 Å². The lowest BCUT2D eigenvalue weighted by molar-refractivity contribution is -0.385. The zero-order valence-electron chi connectivity index (χ0n) is 12.4. The second-order valence-corrected chi connectivity index (χ2v) is 5.04. The van der Waals surface area contributed by atoms with Crippen molar-refractivity contribution in [2.45, 2.75) is 13.0 Å². The van der Waals surface area contributed by atoms with Crippen LogP contribution in [0.1, 0.15) is 17.5 Å². The fourth-order valence-electron chi connectivity index (χ4n) is 2.36. The van der Waals surface area contributed by atoms with E-state index in [9.17, 15) is 10.1 Å². The fraction of sp³-hybridized carbons (Fsp3) is 0.250. The molecule has 1 aromatic heterocycles. The Morgan fingerprint density at radius 1 is 1.26 bits per heavy atom. The van der Waals surface area contributed by atoms with E-state index in [4.69, 9.17) is 4.74 Å². The zero-order chi connectivity index (χ0) is 16.1. The fourth-order valence-corrected chi connectivity index (χ4v) is 2.36. The SMILES string of the molecule is O=[N+]([O-])c1ccccc1COc1ncccc1C1=NCCCN1. The van der Waals surface area contributed by atoms with Gasteiger partial charge in [0.1, 0.15) is 12.4 Å². The van der Waals surface area contributed by atoms with Gasteiger partial charge < -0.3 is 10.1 Å². The van der Waals surface area contributed by atoms with Crippen molar-refractivity contribution in [1.82, 2.24) is 10.3 Å². The van der Waals surface area contributed by atoms with E-state index in [-0.39, 0.29) is 12.3 Å². The van der Waals surface area contributed by atoms with Gasteiger partial charge >= 0.3 is 0 Å². The van der Waals surface area contributed by atoms with Crippen LogP contribution in [-0.2, 0) is 6.61 Å². The Labute approximate surface area is 133 Å². The van der Waals surface area contributed by atoms with E-state index in [1.165, 1.54) is 6.07 Å². The second kappa shape index (κ2) is 6.87. The van der Waals surface area contributed by atoms with Crippen LogP contribution in [0.2, 0.25) is 0 Å². The molecule has 0 bridgehead atoms. The number of pyridine rings is 1. The van der Waals surface area contributed by atoms with Crippen molar-refractivity contribution < 1.29 is 9.66 Å². The molecule has 3 rings (SSSR count). The van der Waals surface area contributed by atoms with Crippen molar-refractivity contribution in [3.05, 3.63) is 63.8 Å². The van der Waals surface area contributed by atoms with E-state index >= 15 is 0 Å². The number of ether oxygens (including phenoxy) is 1. The largest absolute Gasteiger partial charge is 0.472 e. The third-order valence-electron chi connectivity index (χ3n) is 3.48. The molecule has 1 aromatic carbocycles. The molecule has 0 aliphatic carbocycles. The van der Waals surface area contributed by atoms with Gasteiger partial charge in [-0.1, -0.05) is 12.1 Å². The molecule has 118 valence electrons. The zero-order valence-corrected chi connectivity index (χ0v) is 12.4. The third kappa shape index (κ3) is 3.45. The number of aromatic nitrogens is 1. The Morgan fingerprint density at radius 3 is 2.91 bits per heavy atom. The number of amidine groups is 1. The molecule has 23 heavy (non-hydrogen) atoms. The van der Waals surface area contributed by atoms with Gasteiger partial charge in [-0.2, -0.15) is 0 Å². The second-order valence-electron chi connectivity index (χ2n) is 5.04. The van der Waals surface area contributed by atoms with Gasteiger partial charge in [0.2, 0.25) is 5.88 Å². The molecular formula is C16H16N4O3. The predicted octanol–water partition coefficient (Wildman–Crippen LogP) is 2.31. The van der Waals surface area contributed by atoms with Gasteiger partial charge in [-0.25, -0.2) is 4.98 Å². The van der Waals surface area contributed by atoms with Crippen molar-refractivity contribution in [2.24, 2.45) is 4.99 Å². The van der Waals surface area contributed by atoms with Gasteiger partial charge in [-0.15, -0.1) is 0 Å². The van der Waals surface area contributed by atoms with Crippen LogP contribution in [0.4, 0.5) is 5.69 Å². The molecule has 0 unspecified atom stereocenters. The summed E-state index contributed by atoms with van der Waals surface area (Å²) < 4.78 is 5.73. The Bertz CT molecular complexity index is 746. The lowest BCUT2D eigenvalue weighted by Crippen LogP contribution is -2.30. The first-order chi connectivity index (χ1) is 11.3. The molecule has 1 aliphatic rings. The van der Waals surface area contributed by atoms with Gasteiger partial charge in [0.05, 0.1) is 16.1 Å². The maximum atomic E-state index is 11.1. The molecular weight excluding hydrogens is 296 g/mol. The smallest absolute Gasteiger partial charge is 0.276 e. The van der Waals surface area contributed by atoms with Crippen molar-refractivity contribution in [3.8, 4) is 5.88 Å². The van der Waals surface area contributed by atoms with Crippen molar-refractivity contribution in [3.63, 3.8) is 0 Å². The number of rotatable bonds is 5. The Kier molecular flexibility index (Phi) is 4.46. The monoisotopic (exact) mass is 312 g/mol. The van der Waals surface area contributed by atoms with Gasteiger partial charge in [0, 0.05) is 25.4 Å². The summed E-state index contributed by atoms with van der Waals surface area (Å²) in [6, 6.07) is 10.2. The molecule has 0 spiro atoms. The highest BCUT2D eigenvalue weighted by atomic mass is 16.6. The first-order valence-electron chi connectivity index (χ1n) is 7.34. The van der Waals surface area contributed by atoms with Crippen LogP contribution in [0.15, 0.2) is 47.6 Å². The highest BCUT2D eigenvalue weighted by molar-refractivity contribution is 6.00. The summed E-state index contributed by atoms with van der Waals surface area (Å²) in [7, 11) is 0. The minimum Gasteiger partial charge on any atom is -0.472 e. The quantitative estimate of drug-likeness (QED) is 0.676. The van der Waals surface area contributed by atoms with Gasteiger partial charge in [0.15, 0.2) is 0 Å². The molecule has 1 aliphatic heterocycles. The topological polar surface area (TPSA) is 89.7 Å². The molecule has 2 aromatic rings. The summed E-state index contributed by atoms with van der Waals surface area (Å²) in [4.78, 5) is 19.3. The summed E-state index contributed by atoms with van der Waals surface area (Å²) in [6.45, 7) is 1.70. The van der Waals surface area contributed by atoms with E-state index < -0.39 is 4.92 Å². The number of nitrogens with one attached hydrogen (secondary N) is 1. The lowest BCUT2D eigenvalue weighted by Gasteiger charge is -2.17. The number of nitro benzene ring substituents is 1. The van der Waals surface area contributed by atoms with Crippen LogP contribution in [0.5, 0.6) is 5.88 Å². The number of nitro groups is 1. The van der Waals surface area contributed by atoms with Crippen LogP contribution >= 0.6 is 0 Å². The van der Waals surface area contributed by atoms with Gasteiger partial charge in [-0.05, 0) is 24.6 Å². The van der Waals surface area contributed by atoms with Crippen LogP contribution in [0.3, 0.4) is 0 Å². The molecule has 0 amide bonds. The van der Waals surface area contributed by atoms with E-state index in [1.54, 1.807) is 24.4 Å². The summed E-state index contributed by atoms with van der Waals surface area (Å²) in [5.41, 5.74) is 1.32. The molecule has 0 fully saturated rings. The molecule has 0 atom stereocenters. The third-order valence-corrected chi connectivity index (χ3v) is 3.48. The van der Waals surface area contributed by atoms with E-state index in [2.05, 4.69) is 15.3 Å². The van der Waals surface area contributed by atoms with E-state index in [1.807, 2.05) is 12.1 Å². The van der Waals surface area contributed by atoms with Crippen molar-refractivity contribution in [2.75, 3.05) is 13.1 Å². The summed E-state index contributed by atoms with van der Waals surface area (Å²) >= 11 is 0. The molecule has 0 saturated heterocycles. The maximum Gasteiger partial charge on any atom is 0.276 e. The average Bonchev–Trinajstić information content (AvgIpc) is 2.61. The van der Waals surface area contributed by atoms with Gasteiger partial charge in [0.25, 0.3) is 5.69 Å². The first kappa shape index (κ1) is 15.0. The van der Waals surface area contributed by atoms with Crippen molar-refractivity contribution >= 4 is 11.5 Å². The van der Waals surface area contributed by atoms with E-state index in [0.717, 1.165) is 30.9 Å². The lowest BCUT2D eigenvalue weighted by atomic mass is 10.2. The Balaban J connectivity index is 1.82. The minimum absolute atomic E-state index is 0.0399. The first-order valence-corrected chi connectivity index (χ1v) is 7.34. The van der Waals surface area contributed by atoms with Crippen LogP contribution in [0, 0.1) is 10.1 Å². The van der Waals surface area contributed by atoms with Crippen LogP contribution in [0.25, 0.3) is 0 Å². The Morgan fingerprint density at radius 2 is 2.13 bits per heavy atom.